The molecule has 140 valence electrons. The maximum absolute atomic E-state index is 12.5. The molecule has 27 heavy (non-hydrogen) atoms. The Kier molecular flexibility index (Phi) is 6.33. The summed E-state index contributed by atoms with van der Waals surface area (Å²) < 4.78 is 5.28. The van der Waals surface area contributed by atoms with E-state index in [9.17, 15) is 4.79 Å². The molecule has 6 heteroatoms. The van der Waals surface area contributed by atoms with Crippen molar-refractivity contribution in [1.82, 2.24) is 15.3 Å². The average molecular weight is 364 g/mol. The first kappa shape index (κ1) is 18.8. The Morgan fingerprint density at radius 1 is 1.07 bits per heavy atom. The van der Waals surface area contributed by atoms with Crippen LogP contribution in [-0.2, 0) is 4.74 Å². The molecular weight excluding hydrogens is 340 g/mol. The number of anilines is 2. The van der Waals surface area contributed by atoms with E-state index in [0.29, 0.717) is 25.6 Å². The minimum Gasteiger partial charge on any atom is -0.382 e. The molecule has 3 rings (SSSR count). The second-order valence-electron chi connectivity index (χ2n) is 6.21. The molecule has 0 radical (unpaired) electrons. The fraction of sp³-hybridized carbons (Fsp3) is 0.286. The van der Waals surface area contributed by atoms with E-state index in [1.165, 1.54) is 5.56 Å². The molecule has 0 saturated heterocycles. The van der Waals surface area contributed by atoms with Crippen LogP contribution in [0.2, 0.25) is 0 Å². The van der Waals surface area contributed by atoms with Gasteiger partial charge in [-0.3, -0.25) is 4.79 Å². The Morgan fingerprint density at radius 2 is 1.85 bits per heavy atom. The van der Waals surface area contributed by atoms with Crippen LogP contribution in [0.3, 0.4) is 0 Å². The largest absolute Gasteiger partial charge is 0.382 e. The lowest BCUT2D eigenvalue weighted by molar-refractivity contribution is 0.0934. The van der Waals surface area contributed by atoms with E-state index in [0.717, 1.165) is 23.0 Å². The van der Waals surface area contributed by atoms with Crippen LogP contribution in [0.5, 0.6) is 0 Å². The molecule has 1 heterocycles. The number of para-hydroxylation sites is 1. The normalized spacial score (nSPS) is 10.7. The highest BCUT2D eigenvalue weighted by Crippen LogP contribution is 2.24. The van der Waals surface area contributed by atoms with E-state index in [4.69, 9.17) is 4.74 Å². The number of fused-ring (bicyclic) bond motifs is 1. The van der Waals surface area contributed by atoms with Crippen LogP contribution in [0.4, 0.5) is 11.5 Å². The molecule has 0 aliphatic carbocycles. The molecule has 0 saturated carbocycles. The number of rotatable bonds is 8. The number of nitrogens with one attached hydrogen (secondary N) is 2. The number of aryl methyl sites for hydroxylation is 1. The number of carbonyl (C=O) groups excluding carboxylic acids is 1. The zero-order valence-electron chi connectivity index (χ0n) is 15.7. The van der Waals surface area contributed by atoms with Crippen LogP contribution in [0.25, 0.3) is 10.9 Å². The molecule has 0 aliphatic heterocycles. The molecule has 2 N–H and O–H groups in total. The van der Waals surface area contributed by atoms with Gasteiger partial charge in [0.1, 0.15) is 5.82 Å². The average Bonchev–Trinajstić information content (AvgIpc) is 2.69. The maximum Gasteiger partial charge on any atom is 0.289 e. The zero-order valence-corrected chi connectivity index (χ0v) is 15.7. The van der Waals surface area contributed by atoms with Crippen molar-refractivity contribution in [3.05, 3.63) is 59.9 Å². The first-order valence-corrected chi connectivity index (χ1v) is 9.14. The molecule has 1 aromatic heterocycles. The standard InChI is InChI=1S/C21H24N4O2/c1-3-27-14-6-13-22-21(26)20-24-18-8-5-4-7-17(18)19(25-20)23-16-11-9-15(2)10-12-16/h4-5,7-12H,3,6,13-14H2,1-2H3,(H,22,26)(H,23,24,25). The van der Waals surface area contributed by atoms with Gasteiger partial charge in [-0.1, -0.05) is 29.8 Å². The Bertz CT molecular complexity index is 910. The minimum absolute atomic E-state index is 0.153. The van der Waals surface area contributed by atoms with Crippen molar-refractivity contribution in [3.8, 4) is 0 Å². The molecule has 0 bridgehead atoms. The van der Waals surface area contributed by atoms with E-state index in [1.807, 2.05) is 62.4 Å². The minimum atomic E-state index is -0.288. The summed E-state index contributed by atoms with van der Waals surface area (Å²) in [7, 11) is 0. The highest BCUT2D eigenvalue weighted by Gasteiger charge is 2.14. The van der Waals surface area contributed by atoms with E-state index in [1.54, 1.807) is 0 Å². The molecule has 0 atom stereocenters. The van der Waals surface area contributed by atoms with Gasteiger partial charge in [-0.05, 0) is 44.5 Å². The number of hydrogen-bond acceptors (Lipinski definition) is 5. The topological polar surface area (TPSA) is 76.1 Å². The predicted molar refractivity (Wildman–Crippen MR) is 107 cm³/mol. The zero-order chi connectivity index (χ0) is 19.1. The van der Waals surface area contributed by atoms with Crippen LogP contribution >= 0.6 is 0 Å². The molecular formula is C21H24N4O2. The highest BCUT2D eigenvalue weighted by molar-refractivity contribution is 5.97. The van der Waals surface area contributed by atoms with Gasteiger partial charge in [-0.15, -0.1) is 0 Å². The number of carbonyl (C=O) groups is 1. The molecule has 6 nitrogen and oxygen atoms in total. The first-order chi connectivity index (χ1) is 13.2. The fourth-order valence-corrected chi connectivity index (χ4v) is 2.65. The summed E-state index contributed by atoms with van der Waals surface area (Å²) in [5.74, 6) is 0.479. The van der Waals surface area contributed by atoms with Gasteiger partial charge in [0.25, 0.3) is 5.91 Å². The van der Waals surface area contributed by atoms with E-state index in [-0.39, 0.29) is 11.7 Å². The van der Waals surface area contributed by atoms with Crippen LogP contribution in [0, 0.1) is 6.92 Å². The Hall–Kier alpha value is -2.99. The van der Waals surface area contributed by atoms with Gasteiger partial charge in [-0.2, -0.15) is 0 Å². The Morgan fingerprint density at radius 3 is 2.63 bits per heavy atom. The van der Waals surface area contributed by atoms with Crippen molar-refractivity contribution in [2.45, 2.75) is 20.3 Å². The van der Waals surface area contributed by atoms with Gasteiger partial charge in [0.05, 0.1) is 5.52 Å². The summed E-state index contributed by atoms with van der Waals surface area (Å²) in [6, 6.07) is 15.7. The van der Waals surface area contributed by atoms with Crippen molar-refractivity contribution in [2.24, 2.45) is 0 Å². The number of nitrogens with zero attached hydrogens (tertiary/aromatic N) is 2. The van der Waals surface area contributed by atoms with Crippen LogP contribution in [0.1, 0.15) is 29.5 Å². The van der Waals surface area contributed by atoms with Crippen molar-refractivity contribution in [1.29, 1.82) is 0 Å². The smallest absolute Gasteiger partial charge is 0.289 e. The van der Waals surface area contributed by atoms with Gasteiger partial charge in [0, 0.05) is 30.8 Å². The summed E-state index contributed by atoms with van der Waals surface area (Å²) >= 11 is 0. The molecule has 3 aromatic rings. The SMILES string of the molecule is CCOCCCNC(=O)c1nc(Nc2ccc(C)cc2)c2ccccc2n1. The summed E-state index contributed by atoms with van der Waals surface area (Å²) in [5.41, 5.74) is 2.81. The molecule has 0 spiro atoms. The summed E-state index contributed by atoms with van der Waals surface area (Å²) in [6.07, 6.45) is 0.752. The van der Waals surface area contributed by atoms with Gasteiger partial charge in [-0.25, -0.2) is 9.97 Å². The van der Waals surface area contributed by atoms with Crippen LogP contribution in [0.15, 0.2) is 48.5 Å². The quantitative estimate of drug-likeness (QED) is 0.594. The fourth-order valence-electron chi connectivity index (χ4n) is 2.65. The molecule has 0 aliphatic rings. The third-order valence-electron chi connectivity index (χ3n) is 4.08. The van der Waals surface area contributed by atoms with Gasteiger partial charge in [0.2, 0.25) is 5.82 Å². The van der Waals surface area contributed by atoms with Crippen LogP contribution < -0.4 is 10.6 Å². The van der Waals surface area contributed by atoms with Crippen molar-refractivity contribution in [2.75, 3.05) is 25.1 Å². The molecule has 2 aromatic carbocycles. The highest BCUT2D eigenvalue weighted by atomic mass is 16.5. The number of amides is 1. The van der Waals surface area contributed by atoms with Crippen molar-refractivity contribution in [3.63, 3.8) is 0 Å². The third-order valence-corrected chi connectivity index (χ3v) is 4.08. The monoisotopic (exact) mass is 364 g/mol. The molecule has 0 fully saturated rings. The van der Waals surface area contributed by atoms with Crippen LogP contribution in [-0.4, -0.2) is 35.6 Å². The number of benzene rings is 2. The summed E-state index contributed by atoms with van der Waals surface area (Å²) in [5, 5.41) is 7.02. The second-order valence-corrected chi connectivity index (χ2v) is 6.21. The van der Waals surface area contributed by atoms with Gasteiger partial charge in [0.15, 0.2) is 0 Å². The molecule has 1 amide bonds. The maximum atomic E-state index is 12.5. The number of aromatic nitrogens is 2. The van der Waals surface area contributed by atoms with E-state index >= 15 is 0 Å². The molecule has 0 unspecified atom stereocenters. The Balaban J connectivity index is 1.82. The first-order valence-electron chi connectivity index (χ1n) is 9.14. The van der Waals surface area contributed by atoms with Gasteiger partial charge >= 0.3 is 0 Å². The number of hydrogen-bond donors (Lipinski definition) is 2. The van der Waals surface area contributed by atoms with Crippen molar-refractivity contribution < 1.29 is 9.53 Å². The van der Waals surface area contributed by atoms with E-state index < -0.39 is 0 Å². The van der Waals surface area contributed by atoms with Gasteiger partial charge < -0.3 is 15.4 Å². The summed E-state index contributed by atoms with van der Waals surface area (Å²) in [4.78, 5) is 21.3. The number of ether oxygens (including phenoxy) is 1. The lowest BCUT2D eigenvalue weighted by Gasteiger charge is -2.11. The van der Waals surface area contributed by atoms with Crippen molar-refractivity contribution >= 4 is 28.3 Å². The van der Waals surface area contributed by atoms with E-state index in [2.05, 4.69) is 20.6 Å². The second kappa shape index (κ2) is 9.09. The lowest BCUT2D eigenvalue weighted by Crippen LogP contribution is -2.27. The Labute approximate surface area is 159 Å². The summed E-state index contributed by atoms with van der Waals surface area (Å²) in [6.45, 7) is 5.81. The third kappa shape index (κ3) is 5.01. The lowest BCUT2D eigenvalue weighted by atomic mass is 10.2. The predicted octanol–water partition coefficient (Wildman–Crippen LogP) is 3.84.